The highest BCUT2D eigenvalue weighted by atomic mass is 16.7. The van der Waals surface area contributed by atoms with Gasteiger partial charge in [-0.1, -0.05) is 23.4 Å². The Kier molecular flexibility index (Phi) is 6.20. The molecule has 0 unspecified atom stereocenters. The number of hydrogen-bond acceptors (Lipinski definition) is 7. The topological polar surface area (TPSA) is 117 Å². The van der Waals surface area contributed by atoms with Gasteiger partial charge in [0, 0.05) is 6.54 Å². The zero-order valence-electron chi connectivity index (χ0n) is 17.8. The van der Waals surface area contributed by atoms with Gasteiger partial charge in [-0.05, 0) is 43.7 Å². The highest BCUT2D eigenvalue weighted by Crippen LogP contribution is 2.32. The second-order valence-corrected chi connectivity index (χ2v) is 7.03. The van der Waals surface area contributed by atoms with Gasteiger partial charge in [0.25, 0.3) is 5.91 Å². The van der Waals surface area contributed by atoms with E-state index in [1.165, 1.54) is 4.68 Å². The monoisotopic (exact) mass is 437 g/mol. The molecule has 10 heteroatoms. The molecule has 0 fully saturated rings. The SMILES string of the molecule is CCOc1ccccc1NC(=O)c1nnn(CC(=O)NCc2ccc3c(c2)OCO3)c1C. The van der Waals surface area contributed by atoms with E-state index in [9.17, 15) is 9.59 Å². The van der Waals surface area contributed by atoms with Crippen molar-refractivity contribution in [2.45, 2.75) is 26.9 Å². The van der Waals surface area contributed by atoms with E-state index in [0.717, 1.165) is 5.56 Å². The van der Waals surface area contributed by atoms with Crippen molar-refractivity contribution >= 4 is 17.5 Å². The number of amides is 2. The Hall–Kier alpha value is -4.08. The molecule has 10 nitrogen and oxygen atoms in total. The summed E-state index contributed by atoms with van der Waals surface area (Å²) < 4.78 is 17.5. The van der Waals surface area contributed by atoms with Crippen molar-refractivity contribution in [1.29, 1.82) is 0 Å². The number of ether oxygens (including phenoxy) is 3. The van der Waals surface area contributed by atoms with Crippen LogP contribution in [0.1, 0.15) is 28.7 Å². The second-order valence-electron chi connectivity index (χ2n) is 7.03. The fraction of sp³-hybridized carbons (Fsp3) is 0.273. The summed E-state index contributed by atoms with van der Waals surface area (Å²) in [6.45, 7) is 4.49. The van der Waals surface area contributed by atoms with Crippen LogP contribution in [0, 0.1) is 6.92 Å². The van der Waals surface area contributed by atoms with Crippen LogP contribution in [0.2, 0.25) is 0 Å². The Morgan fingerprint density at radius 1 is 1.16 bits per heavy atom. The van der Waals surface area contributed by atoms with Crippen LogP contribution in [-0.4, -0.2) is 40.2 Å². The van der Waals surface area contributed by atoms with Crippen LogP contribution in [0.25, 0.3) is 0 Å². The lowest BCUT2D eigenvalue weighted by atomic mass is 10.2. The van der Waals surface area contributed by atoms with Crippen molar-refractivity contribution in [3.63, 3.8) is 0 Å². The molecule has 1 aliphatic rings. The van der Waals surface area contributed by atoms with Gasteiger partial charge in [0.05, 0.1) is 18.0 Å². The summed E-state index contributed by atoms with van der Waals surface area (Å²) in [5.74, 6) is 1.22. The number of nitrogens with one attached hydrogen (secondary N) is 2. The van der Waals surface area contributed by atoms with Crippen molar-refractivity contribution in [2.75, 3.05) is 18.7 Å². The molecule has 0 saturated carbocycles. The van der Waals surface area contributed by atoms with Crippen LogP contribution >= 0.6 is 0 Å². The molecule has 0 radical (unpaired) electrons. The number of nitrogens with zero attached hydrogens (tertiary/aromatic N) is 3. The summed E-state index contributed by atoms with van der Waals surface area (Å²) in [5, 5.41) is 13.5. The normalized spacial score (nSPS) is 11.8. The summed E-state index contributed by atoms with van der Waals surface area (Å²) in [7, 11) is 0. The third-order valence-electron chi connectivity index (χ3n) is 4.85. The second kappa shape index (κ2) is 9.38. The fourth-order valence-electron chi connectivity index (χ4n) is 3.20. The number of para-hydroxylation sites is 2. The number of fused-ring (bicyclic) bond motifs is 1. The maximum atomic E-state index is 12.7. The minimum atomic E-state index is -0.429. The number of hydrogen-bond donors (Lipinski definition) is 2. The van der Waals surface area contributed by atoms with Crippen LogP contribution in [0.5, 0.6) is 17.2 Å². The molecule has 166 valence electrons. The minimum absolute atomic E-state index is 0.0633. The van der Waals surface area contributed by atoms with Gasteiger partial charge in [-0.25, -0.2) is 4.68 Å². The largest absolute Gasteiger partial charge is 0.492 e. The number of benzene rings is 2. The van der Waals surface area contributed by atoms with Gasteiger partial charge in [0.2, 0.25) is 12.7 Å². The number of aromatic nitrogens is 3. The average Bonchev–Trinajstić information content (AvgIpc) is 3.40. The summed E-state index contributed by atoms with van der Waals surface area (Å²) >= 11 is 0. The zero-order chi connectivity index (χ0) is 22.5. The lowest BCUT2D eigenvalue weighted by Gasteiger charge is -2.10. The fourth-order valence-corrected chi connectivity index (χ4v) is 3.20. The predicted octanol–water partition coefficient (Wildman–Crippen LogP) is 2.28. The third kappa shape index (κ3) is 4.64. The van der Waals surface area contributed by atoms with Crippen molar-refractivity contribution in [1.82, 2.24) is 20.3 Å². The first-order chi connectivity index (χ1) is 15.5. The predicted molar refractivity (Wildman–Crippen MR) is 115 cm³/mol. The molecule has 0 saturated heterocycles. The van der Waals surface area contributed by atoms with E-state index in [0.29, 0.717) is 41.8 Å². The highest BCUT2D eigenvalue weighted by Gasteiger charge is 2.19. The molecule has 2 N–H and O–H groups in total. The Balaban J connectivity index is 1.36. The van der Waals surface area contributed by atoms with Crippen molar-refractivity contribution in [2.24, 2.45) is 0 Å². The van der Waals surface area contributed by atoms with Gasteiger partial charge >= 0.3 is 0 Å². The van der Waals surface area contributed by atoms with E-state index >= 15 is 0 Å². The molecule has 4 rings (SSSR count). The highest BCUT2D eigenvalue weighted by molar-refractivity contribution is 6.04. The molecular formula is C22H23N5O5. The lowest BCUT2D eigenvalue weighted by Crippen LogP contribution is -2.28. The van der Waals surface area contributed by atoms with Gasteiger partial charge in [0.15, 0.2) is 17.2 Å². The van der Waals surface area contributed by atoms with Gasteiger partial charge in [0.1, 0.15) is 12.3 Å². The molecular weight excluding hydrogens is 414 g/mol. The minimum Gasteiger partial charge on any atom is -0.492 e. The van der Waals surface area contributed by atoms with Crippen LogP contribution in [0.15, 0.2) is 42.5 Å². The Labute approximate surface area is 184 Å². The van der Waals surface area contributed by atoms with E-state index < -0.39 is 5.91 Å². The first kappa shape index (κ1) is 21.2. The molecule has 2 heterocycles. The number of carbonyl (C=O) groups is 2. The first-order valence-corrected chi connectivity index (χ1v) is 10.1. The van der Waals surface area contributed by atoms with Gasteiger partial charge in [-0.2, -0.15) is 0 Å². The van der Waals surface area contributed by atoms with Crippen LogP contribution in [-0.2, 0) is 17.9 Å². The Morgan fingerprint density at radius 2 is 1.97 bits per heavy atom. The quantitative estimate of drug-likeness (QED) is 0.555. The Bertz CT molecular complexity index is 1140. The number of carbonyl (C=O) groups excluding carboxylic acids is 2. The third-order valence-corrected chi connectivity index (χ3v) is 4.85. The van der Waals surface area contributed by atoms with E-state index in [4.69, 9.17) is 14.2 Å². The molecule has 0 spiro atoms. The summed E-state index contributed by atoms with van der Waals surface area (Å²) in [6.07, 6.45) is 0. The maximum absolute atomic E-state index is 12.7. The van der Waals surface area contributed by atoms with Crippen LogP contribution in [0.3, 0.4) is 0 Å². The molecule has 2 aromatic carbocycles. The summed E-state index contributed by atoms with van der Waals surface area (Å²) in [6, 6.07) is 12.6. The molecule has 2 amide bonds. The van der Waals surface area contributed by atoms with Gasteiger partial charge in [-0.3, -0.25) is 9.59 Å². The summed E-state index contributed by atoms with van der Waals surface area (Å²) in [5.41, 5.74) is 2.04. The van der Waals surface area contributed by atoms with Crippen molar-refractivity contribution in [3.8, 4) is 17.2 Å². The molecule has 32 heavy (non-hydrogen) atoms. The molecule has 0 bridgehead atoms. The van der Waals surface area contributed by atoms with E-state index in [2.05, 4.69) is 20.9 Å². The van der Waals surface area contributed by atoms with E-state index in [1.807, 2.05) is 25.1 Å². The maximum Gasteiger partial charge on any atom is 0.278 e. The smallest absolute Gasteiger partial charge is 0.278 e. The van der Waals surface area contributed by atoms with Crippen LogP contribution in [0.4, 0.5) is 5.69 Å². The average molecular weight is 437 g/mol. The molecule has 1 aromatic heterocycles. The van der Waals surface area contributed by atoms with Crippen LogP contribution < -0.4 is 24.8 Å². The van der Waals surface area contributed by atoms with Gasteiger partial charge in [-0.15, -0.1) is 5.10 Å². The lowest BCUT2D eigenvalue weighted by molar-refractivity contribution is -0.122. The van der Waals surface area contributed by atoms with Gasteiger partial charge < -0.3 is 24.8 Å². The van der Waals surface area contributed by atoms with E-state index in [1.54, 1.807) is 31.2 Å². The zero-order valence-corrected chi connectivity index (χ0v) is 17.8. The van der Waals surface area contributed by atoms with E-state index in [-0.39, 0.29) is 24.9 Å². The first-order valence-electron chi connectivity index (χ1n) is 10.1. The van der Waals surface area contributed by atoms with Crippen molar-refractivity contribution < 1.29 is 23.8 Å². The standard InChI is InChI=1S/C22H23N5O5/c1-3-30-17-7-5-4-6-16(17)24-22(29)21-14(2)27(26-25-21)12-20(28)23-11-15-8-9-18-19(10-15)32-13-31-18/h4-10H,3,11-13H2,1-2H3,(H,23,28)(H,24,29). The van der Waals surface area contributed by atoms with Crippen molar-refractivity contribution in [3.05, 3.63) is 59.4 Å². The summed E-state index contributed by atoms with van der Waals surface area (Å²) in [4.78, 5) is 25.1. The molecule has 1 aliphatic heterocycles. The molecule has 0 atom stereocenters. The Morgan fingerprint density at radius 3 is 2.81 bits per heavy atom. The number of rotatable bonds is 8. The number of anilines is 1. The molecule has 3 aromatic rings. The molecule has 0 aliphatic carbocycles.